The predicted octanol–water partition coefficient (Wildman–Crippen LogP) is 3.33. The molecule has 2 heterocycles. The maximum Gasteiger partial charge on any atom is 0.292 e. The Morgan fingerprint density at radius 3 is 2.79 bits per heavy atom. The van der Waals surface area contributed by atoms with Crippen molar-refractivity contribution in [2.75, 3.05) is 25.0 Å². The van der Waals surface area contributed by atoms with Gasteiger partial charge in [-0.25, -0.2) is 0 Å². The fourth-order valence-electron chi connectivity index (χ4n) is 3.03. The maximum absolute atomic E-state index is 11.2. The number of rotatable bonds is 6. The van der Waals surface area contributed by atoms with Crippen LogP contribution in [0.25, 0.3) is 0 Å². The van der Waals surface area contributed by atoms with Crippen LogP contribution in [-0.2, 0) is 6.54 Å². The number of hydrogen-bond donors (Lipinski definition) is 1. The van der Waals surface area contributed by atoms with Crippen LogP contribution in [0, 0.1) is 17.0 Å². The Kier molecular flexibility index (Phi) is 5.10. The number of piperidine rings is 1. The minimum absolute atomic E-state index is 0.0797. The molecule has 0 bridgehead atoms. The quantitative estimate of drug-likeness (QED) is 0.650. The van der Waals surface area contributed by atoms with Crippen molar-refractivity contribution < 1.29 is 4.92 Å². The molecule has 0 aliphatic carbocycles. The third kappa shape index (κ3) is 4.11. The summed E-state index contributed by atoms with van der Waals surface area (Å²) < 4.78 is 1.89. The van der Waals surface area contributed by atoms with E-state index in [2.05, 4.69) is 15.3 Å². The van der Waals surface area contributed by atoms with E-state index in [1.807, 2.05) is 23.9 Å². The van der Waals surface area contributed by atoms with Crippen molar-refractivity contribution in [3.8, 4) is 0 Å². The Bertz CT molecular complexity index is 707. The summed E-state index contributed by atoms with van der Waals surface area (Å²) in [6.45, 7) is 6.00. The van der Waals surface area contributed by atoms with Crippen molar-refractivity contribution in [3.63, 3.8) is 0 Å². The van der Waals surface area contributed by atoms with Gasteiger partial charge in [0.2, 0.25) is 0 Å². The zero-order valence-electron chi connectivity index (χ0n) is 13.9. The molecular formula is C17H23N5O2. The molecule has 1 aromatic carbocycles. The Morgan fingerprint density at radius 2 is 2.04 bits per heavy atom. The van der Waals surface area contributed by atoms with Crippen molar-refractivity contribution >= 4 is 17.1 Å². The second-order valence-corrected chi connectivity index (χ2v) is 6.30. The second-order valence-electron chi connectivity index (χ2n) is 6.30. The van der Waals surface area contributed by atoms with Gasteiger partial charge in [-0.05, 0) is 44.5 Å². The summed E-state index contributed by atoms with van der Waals surface area (Å²) in [4.78, 5) is 13.3. The van der Waals surface area contributed by atoms with Gasteiger partial charge in [0.15, 0.2) is 0 Å². The Labute approximate surface area is 141 Å². The van der Waals surface area contributed by atoms with Crippen LogP contribution in [0.15, 0.2) is 30.6 Å². The highest BCUT2D eigenvalue weighted by atomic mass is 16.6. The van der Waals surface area contributed by atoms with Crippen molar-refractivity contribution in [2.24, 2.45) is 0 Å². The topological polar surface area (TPSA) is 76.2 Å². The average Bonchev–Trinajstić information content (AvgIpc) is 3.03. The molecule has 1 aliphatic heterocycles. The molecule has 0 saturated carbocycles. The lowest BCUT2D eigenvalue weighted by Crippen LogP contribution is -2.32. The number of hydrogen-bond acceptors (Lipinski definition) is 5. The fraction of sp³-hybridized carbons (Fsp3) is 0.471. The van der Waals surface area contributed by atoms with Gasteiger partial charge in [-0.3, -0.25) is 14.8 Å². The fourth-order valence-corrected chi connectivity index (χ4v) is 3.03. The average molecular weight is 329 g/mol. The van der Waals surface area contributed by atoms with E-state index >= 15 is 0 Å². The van der Waals surface area contributed by atoms with Gasteiger partial charge in [-0.15, -0.1) is 0 Å². The molecule has 1 saturated heterocycles. The minimum Gasteiger partial charge on any atom is -0.347 e. The van der Waals surface area contributed by atoms with Gasteiger partial charge in [-0.1, -0.05) is 12.5 Å². The molecule has 0 radical (unpaired) electrons. The zero-order valence-corrected chi connectivity index (χ0v) is 13.9. The first kappa shape index (κ1) is 16.4. The number of nitrogens with zero attached hydrogens (tertiary/aromatic N) is 4. The molecule has 2 aromatic rings. The molecule has 24 heavy (non-hydrogen) atoms. The number of nitro groups is 1. The van der Waals surface area contributed by atoms with Crippen LogP contribution in [-0.4, -0.2) is 39.2 Å². The van der Waals surface area contributed by atoms with E-state index < -0.39 is 0 Å². The van der Waals surface area contributed by atoms with Crippen LogP contribution in [0.2, 0.25) is 0 Å². The van der Waals surface area contributed by atoms with Gasteiger partial charge < -0.3 is 10.2 Å². The summed E-state index contributed by atoms with van der Waals surface area (Å²) in [6.07, 6.45) is 7.50. The van der Waals surface area contributed by atoms with Crippen molar-refractivity contribution in [3.05, 3.63) is 46.3 Å². The zero-order chi connectivity index (χ0) is 16.9. The smallest absolute Gasteiger partial charge is 0.292 e. The number of benzene rings is 1. The predicted molar refractivity (Wildman–Crippen MR) is 93.6 cm³/mol. The van der Waals surface area contributed by atoms with Crippen LogP contribution in [0.4, 0.5) is 17.1 Å². The third-order valence-electron chi connectivity index (χ3n) is 4.36. The number of aryl methyl sites for hydroxylation is 1. The van der Waals surface area contributed by atoms with Gasteiger partial charge in [0, 0.05) is 18.8 Å². The van der Waals surface area contributed by atoms with Crippen LogP contribution < -0.4 is 5.32 Å². The van der Waals surface area contributed by atoms with Crippen molar-refractivity contribution in [1.29, 1.82) is 0 Å². The summed E-state index contributed by atoms with van der Waals surface area (Å²) in [5.74, 6) is 0. The van der Waals surface area contributed by atoms with E-state index in [1.54, 1.807) is 18.3 Å². The largest absolute Gasteiger partial charge is 0.347 e. The molecule has 0 amide bonds. The summed E-state index contributed by atoms with van der Waals surface area (Å²) >= 11 is 0. The first-order valence-electron chi connectivity index (χ1n) is 8.39. The number of aromatic nitrogens is 2. The molecule has 1 aromatic heterocycles. The lowest BCUT2D eigenvalue weighted by atomic mass is 10.1. The molecule has 128 valence electrons. The van der Waals surface area contributed by atoms with E-state index in [-0.39, 0.29) is 10.6 Å². The van der Waals surface area contributed by atoms with Crippen molar-refractivity contribution in [1.82, 2.24) is 14.7 Å². The molecule has 3 rings (SSSR count). The SMILES string of the molecule is Cc1ccc(Nc2cnn(CCN3CCCCC3)c2)c([N+](=O)[O-])c1. The summed E-state index contributed by atoms with van der Waals surface area (Å²) in [5, 5.41) is 18.6. The van der Waals surface area contributed by atoms with Crippen LogP contribution >= 0.6 is 0 Å². The summed E-state index contributed by atoms with van der Waals surface area (Å²) in [5.41, 5.74) is 2.20. The highest BCUT2D eigenvalue weighted by molar-refractivity contribution is 5.69. The Morgan fingerprint density at radius 1 is 1.25 bits per heavy atom. The van der Waals surface area contributed by atoms with E-state index in [9.17, 15) is 10.1 Å². The summed E-state index contributed by atoms with van der Waals surface area (Å²) in [7, 11) is 0. The molecule has 1 aliphatic rings. The van der Waals surface area contributed by atoms with Crippen LogP contribution in [0.3, 0.4) is 0 Å². The second kappa shape index (κ2) is 7.44. The van der Waals surface area contributed by atoms with Crippen LogP contribution in [0.5, 0.6) is 0 Å². The van der Waals surface area contributed by atoms with E-state index in [4.69, 9.17) is 0 Å². The van der Waals surface area contributed by atoms with Gasteiger partial charge in [0.05, 0.1) is 23.4 Å². The highest BCUT2D eigenvalue weighted by Crippen LogP contribution is 2.28. The summed E-state index contributed by atoms with van der Waals surface area (Å²) in [6, 6.07) is 5.16. The van der Waals surface area contributed by atoms with E-state index in [1.165, 1.54) is 32.4 Å². The lowest BCUT2D eigenvalue weighted by Gasteiger charge is -2.26. The molecule has 7 heteroatoms. The highest BCUT2D eigenvalue weighted by Gasteiger charge is 2.15. The van der Waals surface area contributed by atoms with E-state index in [0.29, 0.717) is 5.69 Å². The normalized spacial score (nSPS) is 15.4. The molecule has 7 nitrogen and oxygen atoms in total. The van der Waals surface area contributed by atoms with Gasteiger partial charge in [0.1, 0.15) is 5.69 Å². The number of nitrogens with one attached hydrogen (secondary N) is 1. The van der Waals surface area contributed by atoms with Crippen molar-refractivity contribution in [2.45, 2.75) is 32.7 Å². The number of likely N-dealkylation sites (tertiary alicyclic amines) is 1. The van der Waals surface area contributed by atoms with E-state index in [0.717, 1.165) is 24.3 Å². The molecule has 0 spiro atoms. The van der Waals surface area contributed by atoms with Crippen LogP contribution in [0.1, 0.15) is 24.8 Å². The van der Waals surface area contributed by atoms with Gasteiger partial charge in [-0.2, -0.15) is 5.10 Å². The first-order chi connectivity index (χ1) is 11.6. The van der Waals surface area contributed by atoms with Gasteiger partial charge in [0.25, 0.3) is 5.69 Å². The molecular weight excluding hydrogens is 306 g/mol. The van der Waals surface area contributed by atoms with Gasteiger partial charge >= 0.3 is 0 Å². The molecule has 1 N–H and O–H groups in total. The first-order valence-corrected chi connectivity index (χ1v) is 8.39. The monoisotopic (exact) mass is 329 g/mol. The molecule has 0 atom stereocenters. The molecule has 1 fully saturated rings. The number of nitro benzene ring substituents is 1. The number of anilines is 2. The Hall–Kier alpha value is -2.41. The Balaban J connectivity index is 1.62. The standard InChI is InChI=1S/C17H23N5O2/c1-14-5-6-16(17(11-14)22(23)24)19-15-12-18-21(13-15)10-9-20-7-3-2-4-8-20/h5-6,11-13,19H,2-4,7-10H2,1H3. The minimum atomic E-state index is -0.365. The third-order valence-corrected chi connectivity index (χ3v) is 4.36. The lowest BCUT2D eigenvalue weighted by molar-refractivity contribution is -0.384. The molecule has 0 unspecified atom stereocenters. The maximum atomic E-state index is 11.2.